The average molecular weight is 203 g/mol. The molecule has 0 radical (unpaired) electrons. The van der Waals surface area contributed by atoms with Gasteiger partial charge in [-0.2, -0.15) is 0 Å². The number of nitrogens with one attached hydrogen (secondary N) is 1. The molecule has 1 N–H and O–H groups in total. The summed E-state index contributed by atoms with van der Waals surface area (Å²) in [6, 6.07) is 0.234. The molecule has 2 atom stereocenters. The van der Waals surface area contributed by atoms with Crippen molar-refractivity contribution in [3.05, 3.63) is 12.2 Å². The van der Waals surface area contributed by atoms with Gasteiger partial charge in [0.1, 0.15) is 0 Å². The molecular formula is C10H21NOS. The lowest BCUT2D eigenvalue weighted by Gasteiger charge is -2.21. The Kier molecular flexibility index (Phi) is 4.86. The molecule has 0 bridgehead atoms. The van der Waals surface area contributed by atoms with E-state index in [1.54, 1.807) is 0 Å². The topological polar surface area (TPSA) is 29.1 Å². The minimum Gasteiger partial charge on any atom is -0.242 e. The standard InChI is InChI=1S/C10H21NOS/c1-8(2)7-9(3)11-13(12)10(4,5)6/h9,11H,1,7H2,2-6H3/t9-,13?/m0/s1. The summed E-state index contributed by atoms with van der Waals surface area (Å²) in [4.78, 5) is 0. The fraction of sp³-hybridized carbons (Fsp3) is 0.800. The molecule has 0 amide bonds. The number of hydrogen-bond acceptors (Lipinski definition) is 1. The molecule has 0 aliphatic heterocycles. The molecule has 0 saturated carbocycles. The van der Waals surface area contributed by atoms with Crippen LogP contribution in [0.15, 0.2) is 12.2 Å². The minimum atomic E-state index is -0.975. The van der Waals surface area contributed by atoms with Crippen molar-refractivity contribution in [2.75, 3.05) is 0 Å². The van der Waals surface area contributed by atoms with Crippen molar-refractivity contribution in [3.63, 3.8) is 0 Å². The summed E-state index contributed by atoms with van der Waals surface area (Å²) in [5.74, 6) is 0. The van der Waals surface area contributed by atoms with Crippen molar-refractivity contribution in [2.45, 2.75) is 51.8 Å². The third kappa shape index (κ3) is 5.99. The van der Waals surface area contributed by atoms with E-state index in [4.69, 9.17) is 0 Å². The maximum Gasteiger partial charge on any atom is 0.0972 e. The Bertz CT molecular complexity index is 205. The second-order valence-electron chi connectivity index (χ2n) is 4.56. The Balaban J connectivity index is 4.00. The fourth-order valence-corrected chi connectivity index (χ4v) is 1.73. The second kappa shape index (κ2) is 4.91. The highest BCUT2D eigenvalue weighted by molar-refractivity contribution is 7.84. The van der Waals surface area contributed by atoms with Gasteiger partial charge < -0.3 is 0 Å². The zero-order valence-electron chi connectivity index (χ0n) is 9.31. The molecule has 0 heterocycles. The van der Waals surface area contributed by atoms with E-state index >= 15 is 0 Å². The number of hydrogen-bond donors (Lipinski definition) is 1. The van der Waals surface area contributed by atoms with Gasteiger partial charge in [-0.1, -0.05) is 5.57 Å². The van der Waals surface area contributed by atoms with E-state index in [0.717, 1.165) is 12.0 Å². The predicted molar refractivity (Wildman–Crippen MR) is 59.9 cm³/mol. The smallest absolute Gasteiger partial charge is 0.0972 e. The zero-order valence-corrected chi connectivity index (χ0v) is 10.1. The van der Waals surface area contributed by atoms with Crippen LogP contribution < -0.4 is 4.72 Å². The molecule has 0 aromatic carbocycles. The van der Waals surface area contributed by atoms with Crippen LogP contribution in [0.1, 0.15) is 41.0 Å². The molecule has 0 spiro atoms. The van der Waals surface area contributed by atoms with Crippen LogP contribution in [0.5, 0.6) is 0 Å². The molecule has 0 aromatic rings. The van der Waals surface area contributed by atoms with Crippen molar-refractivity contribution < 1.29 is 4.21 Å². The van der Waals surface area contributed by atoms with Gasteiger partial charge in [0.15, 0.2) is 0 Å². The highest BCUT2D eigenvalue weighted by Crippen LogP contribution is 2.11. The first kappa shape index (κ1) is 12.8. The van der Waals surface area contributed by atoms with Gasteiger partial charge >= 0.3 is 0 Å². The lowest BCUT2D eigenvalue weighted by molar-refractivity contribution is 0.603. The Morgan fingerprint density at radius 1 is 1.54 bits per heavy atom. The van der Waals surface area contributed by atoms with Crippen molar-refractivity contribution in [2.24, 2.45) is 0 Å². The maximum atomic E-state index is 11.6. The Morgan fingerprint density at radius 3 is 2.31 bits per heavy atom. The highest BCUT2D eigenvalue weighted by atomic mass is 32.2. The van der Waals surface area contributed by atoms with Gasteiger partial charge in [0.2, 0.25) is 0 Å². The molecule has 0 aliphatic rings. The van der Waals surface area contributed by atoms with Gasteiger partial charge in [0.05, 0.1) is 15.7 Å². The molecule has 1 unspecified atom stereocenters. The van der Waals surface area contributed by atoms with Gasteiger partial charge in [-0.25, -0.2) is 8.93 Å². The average Bonchev–Trinajstić information content (AvgIpc) is 1.82. The Morgan fingerprint density at radius 2 is 2.00 bits per heavy atom. The normalized spacial score (nSPS) is 16.7. The van der Waals surface area contributed by atoms with Crippen LogP contribution in [0, 0.1) is 0 Å². The lowest BCUT2D eigenvalue weighted by atomic mass is 10.1. The molecule has 0 aliphatic carbocycles. The summed E-state index contributed by atoms with van der Waals surface area (Å²) in [6.07, 6.45) is 0.877. The predicted octanol–water partition coefficient (Wildman–Crippen LogP) is 2.39. The van der Waals surface area contributed by atoms with E-state index in [2.05, 4.69) is 11.3 Å². The first-order valence-corrected chi connectivity index (χ1v) is 5.71. The first-order chi connectivity index (χ1) is 5.73. The summed E-state index contributed by atoms with van der Waals surface area (Å²) in [5.41, 5.74) is 1.12. The summed E-state index contributed by atoms with van der Waals surface area (Å²) >= 11 is 0. The van der Waals surface area contributed by atoms with Crippen LogP contribution in [0.2, 0.25) is 0 Å². The van der Waals surface area contributed by atoms with Gasteiger partial charge in [-0.15, -0.1) is 6.58 Å². The van der Waals surface area contributed by atoms with Crippen LogP contribution >= 0.6 is 0 Å². The molecular weight excluding hydrogens is 182 g/mol. The third-order valence-corrected chi connectivity index (χ3v) is 3.25. The van der Waals surface area contributed by atoms with Crippen LogP contribution in [-0.4, -0.2) is 15.0 Å². The van der Waals surface area contributed by atoms with Crippen molar-refractivity contribution in [1.82, 2.24) is 4.72 Å². The maximum absolute atomic E-state index is 11.6. The van der Waals surface area contributed by atoms with E-state index < -0.39 is 11.0 Å². The molecule has 2 nitrogen and oxygen atoms in total. The molecule has 0 rings (SSSR count). The second-order valence-corrected chi connectivity index (χ2v) is 6.56. The van der Waals surface area contributed by atoms with Gasteiger partial charge in [0, 0.05) is 6.04 Å². The van der Waals surface area contributed by atoms with E-state index in [-0.39, 0.29) is 10.8 Å². The van der Waals surface area contributed by atoms with Crippen molar-refractivity contribution in [3.8, 4) is 0 Å². The summed E-state index contributed by atoms with van der Waals surface area (Å²) in [6.45, 7) is 13.7. The minimum absolute atomic E-state index is 0.191. The van der Waals surface area contributed by atoms with Crippen LogP contribution in [0.25, 0.3) is 0 Å². The molecule has 78 valence electrons. The third-order valence-electron chi connectivity index (χ3n) is 1.52. The zero-order chi connectivity index (χ0) is 10.6. The SMILES string of the molecule is C=C(C)C[C@H](C)NS(=O)C(C)(C)C. The van der Waals surface area contributed by atoms with E-state index in [9.17, 15) is 4.21 Å². The molecule has 0 aromatic heterocycles. The Hall–Kier alpha value is -0.150. The highest BCUT2D eigenvalue weighted by Gasteiger charge is 2.20. The number of rotatable bonds is 4. The van der Waals surface area contributed by atoms with Gasteiger partial charge in [-0.3, -0.25) is 0 Å². The lowest BCUT2D eigenvalue weighted by Crippen LogP contribution is -2.38. The Labute approximate surface area is 84.4 Å². The molecule has 13 heavy (non-hydrogen) atoms. The molecule has 3 heteroatoms. The summed E-state index contributed by atoms with van der Waals surface area (Å²) < 4.78 is 14.5. The van der Waals surface area contributed by atoms with Crippen LogP contribution in [0.4, 0.5) is 0 Å². The molecule has 0 fully saturated rings. The van der Waals surface area contributed by atoms with E-state index in [1.165, 1.54) is 0 Å². The largest absolute Gasteiger partial charge is 0.242 e. The van der Waals surface area contributed by atoms with Crippen molar-refractivity contribution >= 4 is 11.0 Å². The monoisotopic (exact) mass is 203 g/mol. The van der Waals surface area contributed by atoms with Gasteiger partial charge in [0.25, 0.3) is 0 Å². The quantitative estimate of drug-likeness (QED) is 0.698. The van der Waals surface area contributed by atoms with Gasteiger partial charge in [-0.05, 0) is 41.0 Å². The first-order valence-electron chi connectivity index (χ1n) is 4.56. The fourth-order valence-electron chi connectivity index (χ4n) is 0.924. The summed E-state index contributed by atoms with van der Waals surface area (Å²) in [7, 11) is -0.975. The van der Waals surface area contributed by atoms with E-state index in [0.29, 0.717) is 0 Å². The van der Waals surface area contributed by atoms with Crippen LogP contribution in [0.3, 0.4) is 0 Å². The van der Waals surface area contributed by atoms with Crippen LogP contribution in [-0.2, 0) is 11.0 Å². The van der Waals surface area contributed by atoms with Crippen molar-refractivity contribution in [1.29, 1.82) is 0 Å². The van der Waals surface area contributed by atoms with E-state index in [1.807, 2.05) is 34.6 Å². The molecule has 0 saturated heterocycles. The summed E-state index contributed by atoms with van der Waals surface area (Å²) in [5, 5.41) is 0.